The van der Waals surface area contributed by atoms with Crippen molar-refractivity contribution in [3.8, 4) is 0 Å². The first-order valence-electron chi connectivity index (χ1n) is 5.61. The van der Waals surface area contributed by atoms with Gasteiger partial charge in [-0.3, -0.25) is 0 Å². The zero-order valence-corrected chi connectivity index (χ0v) is 10.2. The molecule has 0 amide bonds. The Bertz CT molecular complexity index is 182. The second-order valence-electron chi connectivity index (χ2n) is 4.13. The summed E-state index contributed by atoms with van der Waals surface area (Å²) in [6.45, 7) is 17.9. The van der Waals surface area contributed by atoms with Gasteiger partial charge in [0, 0.05) is 12.6 Å². The van der Waals surface area contributed by atoms with Crippen molar-refractivity contribution in [1.82, 2.24) is 4.90 Å². The van der Waals surface area contributed by atoms with Crippen molar-refractivity contribution in [2.45, 2.75) is 46.6 Å². The summed E-state index contributed by atoms with van der Waals surface area (Å²) in [4.78, 5) is 2.31. The second-order valence-corrected chi connectivity index (χ2v) is 4.13. The summed E-state index contributed by atoms with van der Waals surface area (Å²) in [5, 5.41) is 0. The lowest BCUT2D eigenvalue weighted by Gasteiger charge is -2.33. The van der Waals surface area contributed by atoms with Crippen LogP contribution in [-0.2, 0) is 0 Å². The van der Waals surface area contributed by atoms with Crippen LogP contribution in [0.2, 0.25) is 0 Å². The van der Waals surface area contributed by atoms with E-state index in [9.17, 15) is 0 Å². The van der Waals surface area contributed by atoms with Gasteiger partial charge in [-0.25, -0.2) is 0 Å². The Kier molecular flexibility index (Phi) is 6.35. The third-order valence-corrected chi connectivity index (χ3v) is 2.79. The molecule has 0 aliphatic rings. The highest BCUT2D eigenvalue weighted by atomic mass is 15.1. The van der Waals surface area contributed by atoms with Gasteiger partial charge in [0.2, 0.25) is 0 Å². The minimum Gasteiger partial charge on any atom is -0.375 e. The van der Waals surface area contributed by atoms with Gasteiger partial charge in [0.05, 0.1) is 0 Å². The SMILES string of the molecule is C=CN(CC)[C@@H](CC(=C)CC)C(C)C. The summed E-state index contributed by atoms with van der Waals surface area (Å²) in [5.41, 5.74) is 1.34. The number of hydrogen-bond donors (Lipinski definition) is 0. The molecular weight excluding hydrogens is 170 g/mol. The Morgan fingerprint density at radius 2 is 1.93 bits per heavy atom. The van der Waals surface area contributed by atoms with Gasteiger partial charge in [-0.2, -0.15) is 0 Å². The van der Waals surface area contributed by atoms with E-state index >= 15 is 0 Å². The smallest absolute Gasteiger partial charge is 0.0343 e. The van der Waals surface area contributed by atoms with Crippen LogP contribution in [0.25, 0.3) is 0 Å². The number of nitrogens with zero attached hydrogens (tertiary/aromatic N) is 1. The molecule has 0 rings (SSSR count). The summed E-state index contributed by atoms with van der Waals surface area (Å²) in [6, 6.07) is 0.560. The standard InChI is InChI=1S/C13H25N/c1-7-12(6)10-13(11(4)5)14(8-2)9-3/h8,11,13H,2,6-7,9-10H2,1,3-5H3/t13-/m0/s1. The Labute approximate surface area is 89.5 Å². The maximum atomic E-state index is 4.09. The van der Waals surface area contributed by atoms with E-state index in [1.54, 1.807) is 0 Å². The van der Waals surface area contributed by atoms with Crippen molar-refractivity contribution >= 4 is 0 Å². The van der Waals surface area contributed by atoms with Crippen molar-refractivity contribution in [1.29, 1.82) is 0 Å². The molecule has 0 aromatic rings. The van der Waals surface area contributed by atoms with Crippen molar-refractivity contribution in [2.75, 3.05) is 6.54 Å². The summed E-state index contributed by atoms with van der Waals surface area (Å²) < 4.78 is 0. The van der Waals surface area contributed by atoms with Gasteiger partial charge in [0.15, 0.2) is 0 Å². The Balaban J connectivity index is 4.41. The first kappa shape index (κ1) is 13.3. The molecular formula is C13H25N. The normalized spacial score (nSPS) is 12.6. The zero-order chi connectivity index (χ0) is 11.1. The van der Waals surface area contributed by atoms with E-state index in [1.807, 2.05) is 6.20 Å². The van der Waals surface area contributed by atoms with Gasteiger partial charge >= 0.3 is 0 Å². The molecule has 0 radical (unpaired) electrons. The van der Waals surface area contributed by atoms with Gasteiger partial charge in [-0.05, 0) is 31.9 Å². The van der Waals surface area contributed by atoms with Crippen LogP contribution in [0.4, 0.5) is 0 Å². The first-order chi connectivity index (χ1) is 6.56. The summed E-state index contributed by atoms with van der Waals surface area (Å²) in [6.07, 6.45) is 4.12. The van der Waals surface area contributed by atoms with E-state index in [0.717, 1.165) is 19.4 Å². The Hall–Kier alpha value is -0.720. The molecule has 0 aromatic heterocycles. The highest BCUT2D eigenvalue weighted by Gasteiger charge is 2.18. The summed E-state index contributed by atoms with van der Waals surface area (Å²) in [7, 11) is 0. The predicted octanol–water partition coefficient (Wildman–Crippen LogP) is 3.83. The molecule has 0 aromatic carbocycles. The van der Waals surface area contributed by atoms with Gasteiger partial charge in [-0.15, -0.1) is 0 Å². The highest BCUT2D eigenvalue weighted by molar-refractivity contribution is 4.99. The minimum absolute atomic E-state index is 0.560. The van der Waals surface area contributed by atoms with Crippen LogP contribution in [0, 0.1) is 5.92 Å². The molecule has 1 atom stereocenters. The molecule has 0 fully saturated rings. The maximum absolute atomic E-state index is 4.09. The molecule has 0 saturated heterocycles. The van der Waals surface area contributed by atoms with Crippen LogP contribution in [0.15, 0.2) is 24.9 Å². The van der Waals surface area contributed by atoms with E-state index in [1.165, 1.54) is 5.57 Å². The zero-order valence-electron chi connectivity index (χ0n) is 10.2. The topological polar surface area (TPSA) is 3.24 Å². The fourth-order valence-corrected chi connectivity index (χ4v) is 1.68. The van der Waals surface area contributed by atoms with Crippen LogP contribution >= 0.6 is 0 Å². The Morgan fingerprint density at radius 1 is 1.36 bits per heavy atom. The molecule has 0 N–H and O–H groups in total. The minimum atomic E-state index is 0.560. The quantitative estimate of drug-likeness (QED) is 0.558. The third-order valence-electron chi connectivity index (χ3n) is 2.79. The predicted molar refractivity (Wildman–Crippen MR) is 65.3 cm³/mol. The van der Waals surface area contributed by atoms with Crippen molar-refractivity contribution in [3.05, 3.63) is 24.9 Å². The Morgan fingerprint density at radius 3 is 2.21 bits per heavy atom. The van der Waals surface area contributed by atoms with Crippen molar-refractivity contribution in [2.24, 2.45) is 5.92 Å². The second kappa shape index (κ2) is 6.69. The van der Waals surface area contributed by atoms with Crippen LogP contribution < -0.4 is 0 Å². The molecule has 0 saturated carbocycles. The molecule has 82 valence electrons. The lowest BCUT2D eigenvalue weighted by molar-refractivity contribution is 0.226. The van der Waals surface area contributed by atoms with Crippen LogP contribution in [-0.4, -0.2) is 17.5 Å². The van der Waals surface area contributed by atoms with Crippen molar-refractivity contribution in [3.63, 3.8) is 0 Å². The third kappa shape index (κ3) is 3.99. The molecule has 0 spiro atoms. The molecule has 0 aliphatic heterocycles. The molecule has 14 heavy (non-hydrogen) atoms. The van der Waals surface area contributed by atoms with E-state index in [4.69, 9.17) is 0 Å². The number of hydrogen-bond acceptors (Lipinski definition) is 1. The summed E-state index contributed by atoms with van der Waals surface area (Å²) >= 11 is 0. The molecule has 0 aliphatic carbocycles. The molecule has 1 heteroatoms. The fraction of sp³-hybridized carbons (Fsp3) is 0.692. The average Bonchev–Trinajstić information content (AvgIpc) is 2.17. The van der Waals surface area contributed by atoms with E-state index in [0.29, 0.717) is 12.0 Å². The van der Waals surface area contributed by atoms with E-state index in [-0.39, 0.29) is 0 Å². The molecule has 0 unspecified atom stereocenters. The van der Waals surface area contributed by atoms with Crippen LogP contribution in [0.5, 0.6) is 0 Å². The molecule has 0 heterocycles. The van der Waals surface area contributed by atoms with E-state index < -0.39 is 0 Å². The molecule has 0 bridgehead atoms. The highest BCUT2D eigenvalue weighted by Crippen LogP contribution is 2.19. The molecule has 1 nitrogen and oxygen atoms in total. The number of rotatable bonds is 7. The van der Waals surface area contributed by atoms with Crippen LogP contribution in [0.1, 0.15) is 40.5 Å². The average molecular weight is 195 g/mol. The fourth-order valence-electron chi connectivity index (χ4n) is 1.68. The monoisotopic (exact) mass is 195 g/mol. The van der Waals surface area contributed by atoms with Gasteiger partial charge in [-0.1, -0.05) is 39.5 Å². The van der Waals surface area contributed by atoms with Gasteiger partial charge in [0.1, 0.15) is 0 Å². The van der Waals surface area contributed by atoms with Gasteiger partial charge < -0.3 is 4.90 Å². The van der Waals surface area contributed by atoms with Crippen molar-refractivity contribution < 1.29 is 0 Å². The lowest BCUT2D eigenvalue weighted by Crippen LogP contribution is -2.35. The van der Waals surface area contributed by atoms with Gasteiger partial charge in [0.25, 0.3) is 0 Å². The first-order valence-corrected chi connectivity index (χ1v) is 5.61. The summed E-state index contributed by atoms with van der Waals surface area (Å²) in [5.74, 6) is 0.649. The van der Waals surface area contributed by atoms with Crippen LogP contribution in [0.3, 0.4) is 0 Å². The lowest BCUT2D eigenvalue weighted by atomic mass is 9.94. The maximum Gasteiger partial charge on any atom is 0.0343 e. The van der Waals surface area contributed by atoms with E-state index in [2.05, 4.69) is 45.8 Å². The largest absolute Gasteiger partial charge is 0.375 e.